The average Bonchev–Trinajstić information content (AvgIpc) is 3.22. The molecule has 3 unspecified atom stereocenters. The summed E-state index contributed by atoms with van der Waals surface area (Å²) in [4.78, 5) is 27.0. The van der Waals surface area contributed by atoms with E-state index in [1.165, 1.54) is 12.8 Å². The number of hydrogen-bond acceptors (Lipinski definition) is 2. The minimum atomic E-state index is -0.331. The minimum absolute atomic E-state index is 0.0318. The summed E-state index contributed by atoms with van der Waals surface area (Å²) in [5.74, 6) is 0.360. The molecule has 2 amide bonds. The summed E-state index contributed by atoms with van der Waals surface area (Å²) < 4.78 is 0. The Morgan fingerprint density at radius 3 is 2.40 bits per heavy atom. The quantitative estimate of drug-likeness (QED) is 0.812. The van der Waals surface area contributed by atoms with Gasteiger partial charge in [0, 0.05) is 6.54 Å². The van der Waals surface area contributed by atoms with Crippen molar-refractivity contribution >= 4 is 11.8 Å². The standard InChI is InChI=1S/C16H28N2O2/c1-5-11(4)13-15(20)18(10-16(7-3)8-9-16)12(6-2)14(19)17-13/h11-13H,5-10H2,1-4H3,(H,17,19). The Kier molecular flexibility index (Phi) is 4.40. The van der Waals surface area contributed by atoms with E-state index in [1.807, 2.05) is 18.7 Å². The summed E-state index contributed by atoms with van der Waals surface area (Å²) in [6, 6.07) is -0.602. The van der Waals surface area contributed by atoms with Gasteiger partial charge in [0.25, 0.3) is 0 Å². The second-order valence-corrected chi connectivity index (χ2v) is 6.62. The van der Waals surface area contributed by atoms with Gasteiger partial charge in [-0.25, -0.2) is 0 Å². The molecule has 0 aromatic carbocycles. The van der Waals surface area contributed by atoms with Crippen LogP contribution < -0.4 is 5.32 Å². The maximum atomic E-state index is 12.8. The van der Waals surface area contributed by atoms with Crippen molar-refractivity contribution in [1.29, 1.82) is 0 Å². The molecule has 3 atom stereocenters. The van der Waals surface area contributed by atoms with E-state index in [4.69, 9.17) is 0 Å². The molecule has 0 bridgehead atoms. The summed E-state index contributed by atoms with van der Waals surface area (Å²) in [5, 5.41) is 2.94. The van der Waals surface area contributed by atoms with Crippen LogP contribution in [-0.4, -0.2) is 35.3 Å². The molecule has 0 radical (unpaired) electrons. The van der Waals surface area contributed by atoms with Crippen LogP contribution in [0.15, 0.2) is 0 Å². The first-order valence-electron chi connectivity index (χ1n) is 8.09. The Hall–Kier alpha value is -1.06. The maximum Gasteiger partial charge on any atom is 0.246 e. The summed E-state index contributed by atoms with van der Waals surface area (Å²) in [6.07, 6.45) is 5.09. The molecule has 114 valence electrons. The first kappa shape index (κ1) is 15.3. The van der Waals surface area contributed by atoms with Crippen LogP contribution in [0.5, 0.6) is 0 Å². The maximum absolute atomic E-state index is 12.8. The van der Waals surface area contributed by atoms with E-state index in [0.29, 0.717) is 11.8 Å². The third kappa shape index (κ3) is 2.70. The molecule has 0 aromatic rings. The van der Waals surface area contributed by atoms with Gasteiger partial charge < -0.3 is 10.2 Å². The van der Waals surface area contributed by atoms with E-state index >= 15 is 0 Å². The zero-order valence-electron chi connectivity index (χ0n) is 13.2. The summed E-state index contributed by atoms with van der Waals surface area (Å²) in [5.41, 5.74) is 0.292. The minimum Gasteiger partial charge on any atom is -0.342 e. The zero-order valence-corrected chi connectivity index (χ0v) is 13.2. The van der Waals surface area contributed by atoms with Crippen molar-refractivity contribution in [2.24, 2.45) is 11.3 Å². The topological polar surface area (TPSA) is 49.4 Å². The molecule has 20 heavy (non-hydrogen) atoms. The lowest BCUT2D eigenvalue weighted by molar-refractivity contribution is -0.152. The SMILES string of the molecule is CCC(C)C1NC(=O)C(CC)N(CC2(CC)CC2)C1=O. The van der Waals surface area contributed by atoms with Crippen LogP contribution in [0.25, 0.3) is 0 Å². The molecular formula is C16H28N2O2. The van der Waals surface area contributed by atoms with Crippen molar-refractivity contribution in [3.8, 4) is 0 Å². The van der Waals surface area contributed by atoms with Gasteiger partial charge in [0.05, 0.1) is 0 Å². The summed E-state index contributed by atoms with van der Waals surface area (Å²) in [7, 11) is 0. The predicted molar refractivity (Wildman–Crippen MR) is 79.1 cm³/mol. The predicted octanol–water partition coefficient (Wildman–Crippen LogP) is 2.33. The third-order valence-electron chi connectivity index (χ3n) is 5.34. The number of carbonyl (C=O) groups is 2. The summed E-state index contributed by atoms with van der Waals surface area (Å²) >= 11 is 0. The Balaban J connectivity index is 2.19. The number of piperazine rings is 1. The lowest BCUT2D eigenvalue weighted by atomic mass is 9.92. The molecule has 2 aliphatic rings. The van der Waals surface area contributed by atoms with Gasteiger partial charge >= 0.3 is 0 Å². The average molecular weight is 280 g/mol. The van der Waals surface area contributed by atoms with Crippen LogP contribution in [-0.2, 0) is 9.59 Å². The molecule has 1 saturated carbocycles. The number of nitrogens with zero attached hydrogens (tertiary/aromatic N) is 1. The van der Waals surface area contributed by atoms with Crippen LogP contribution in [0, 0.1) is 11.3 Å². The molecule has 0 aromatic heterocycles. The summed E-state index contributed by atoms with van der Waals surface area (Å²) in [6.45, 7) is 9.05. The smallest absolute Gasteiger partial charge is 0.246 e. The molecule has 2 rings (SSSR count). The molecule has 4 nitrogen and oxygen atoms in total. The van der Waals surface area contributed by atoms with Gasteiger partial charge in [-0.1, -0.05) is 34.1 Å². The molecule has 1 saturated heterocycles. The molecular weight excluding hydrogens is 252 g/mol. The lowest BCUT2D eigenvalue weighted by Crippen LogP contribution is -2.65. The first-order chi connectivity index (χ1) is 9.48. The Bertz CT molecular complexity index is 390. The normalized spacial score (nSPS) is 30.1. The Morgan fingerprint density at radius 2 is 1.95 bits per heavy atom. The molecule has 1 aliphatic heterocycles. The van der Waals surface area contributed by atoms with Crippen molar-refractivity contribution in [2.45, 2.75) is 71.9 Å². The second kappa shape index (κ2) is 5.74. The highest BCUT2D eigenvalue weighted by Gasteiger charge is 2.48. The van der Waals surface area contributed by atoms with E-state index in [2.05, 4.69) is 19.2 Å². The highest BCUT2D eigenvalue weighted by Crippen LogP contribution is 2.49. The second-order valence-electron chi connectivity index (χ2n) is 6.62. The number of carbonyl (C=O) groups excluding carboxylic acids is 2. The molecule has 1 heterocycles. The largest absolute Gasteiger partial charge is 0.342 e. The molecule has 2 fully saturated rings. The number of nitrogens with one attached hydrogen (secondary N) is 1. The van der Waals surface area contributed by atoms with E-state index in [9.17, 15) is 9.59 Å². The van der Waals surface area contributed by atoms with Crippen molar-refractivity contribution < 1.29 is 9.59 Å². The molecule has 0 spiro atoms. The number of amides is 2. The van der Waals surface area contributed by atoms with E-state index in [-0.39, 0.29) is 29.8 Å². The van der Waals surface area contributed by atoms with E-state index in [1.54, 1.807) is 0 Å². The van der Waals surface area contributed by atoms with Crippen LogP contribution >= 0.6 is 0 Å². The van der Waals surface area contributed by atoms with Crippen molar-refractivity contribution in [3.05, 3.63) is 0 Å². The molecule has 1 aliphatic carbocycles. The van der Waals surface area contributed by atoms with Gasteiger partial charge in [-0.15, -0.1) is 0 Å². The van der Waals surface area contributed by atoms with Crippen LogP contribution in [0.3, 0.4) is 0 Å². The van der Waals surface area contributed by atoms with Gasteiger partial charge in [0.15, 0.2) is 0 Å². The van der Waals surface area contributed by atoms with Crippen LogP contribution in [0.1, 0.15) is 59.8 Å². The Morgan fingerprint density at radius 1 is 1.30 bits per heavy atom. The molecule has 1 N–H and O–H groups in total. The van der Waals surface area contributed by atoms with Gasteiger partial charge in [-0.05, 0) is 37.0 Å². The van der Waals surface area contributed by atoms with Crippen molar-refractivity contribution in [1.82, 2.24) is 10.2 Å². The van der Waals surface area contributed by atoms with Crippen LogP contribution in [0.2, 0.25) is 0 Å². The van der Waals surface area contributed by atoms with Crippen LogP contribution in [0.4, 0.5) is 0 Å². The zero-order chi connectivity index (χ0) is 14.9. The first-order valence-corrected chi connectivity index (χ1v) is 8.09. The number of hydrogen-bond donors (Lipinski definition) is 1. The van der Waals surface area contributed by atoms with E-state index in [0.717, 1.165) is 19.4 Å². The van der Waals surface area contributed by atoms with Crippen molar-refractivity contribution in [2.75, 3.05) is 6.54 Å². The third-order valence-corrected chi connectivity index (χ3v) is 5.34. The Labute approximate surface area is 122 Å². The lowest BCUT2D eigenvalue weighted by Gasteiger charge is -2.42. The monoisotopic (exact) mass is 280 g/mol. The molecule has 4 heteroatoms. The van der Waals surface area contributed by atoms with E-state index < -0.39 is 0 Å². The highest BCUT2D eigenvalue weighted by molar-refractivity contribution is 5.97. The fourth-order valence-corrected chi connectivity index (χ4v) is 3.16. The fraction of sp³-hybridized carbons (Fsp3) is 0.875. The van der Waals surface area contributed by atoms with Crippen molar-refractivity contribution in [3.63, 3.8) is 0 Å². The van der Waals surface area contributed by atoms with Gasteiger partial charge in [0.2, 0.25) is 11.8 Å². The number of rotatable bonds is 6. The fourth-order valence-electron chi connectivity index (χ4n) is 3.16. The highest BCUT2D eigenvalue weighted by atomic mass is 16.2. The van der Waals surface area contributed by atoms with Gasteiger partial charge in [0.1, 0.15) is 12.1 Å². The van der Waals surface area contributed by atoms with Gasteiger partial charge in [-0.2, -0.15) is 0 Å². The van der Waals surface area contributed by atoms with Gasteiger partial charge in [-0.3, -0.25) is 9.59 Å².